The molecular weight excluding hydrogens is 264 g/mol. The van der Waals surface area contributed by atoms with E-state index in [-0.39, 0.29) is 16.6 Å². The molecule has 0 aliphatic rings. The van der Waals surface area contributed by atoms with Gasteiger partial charge < -0.3 is 9.30 Å². The van der Waals surface area contributed by atoms with Gasteiger partial charge in [-0.15, -0.1) is 0 Å². The highest BCUT2D eigenvalue weighted by atomic mass is 16.6. The largest absolute Gasteiger partial charge is 0.465 e. The number of esters is 1. The number of nitrogens with zero attached hydrogens (tertiary/aromatic N) is 2. The Hall–Kier alpha value is -2.70. The predicted molar refractivity (Wildman–Crippen MR) is 71.9 cm³/mol. The molecule has 2 rings (SSSR count). The molecule has 20 heavy (non-hydrogen) atoms. The maximum atomic E-state index is 12.2. The number of pyridine rings is 1. The summed E-state index contributed by atoms with van der Waals surface area (Å²) in [7, 11) is 1.15. The Morgan fingerprint density at radius 3 is 2.70 bits per heavy atom. The van der Waals surface area contributed by atoms with Crippen molar-refractivity contribution >= 4 is 22.6 Å². The Morgan fingerprint density at radius 1 is 1.45 bits per heavy atom. The van der Waals surface area contributed by atoms with Gasteiger partial charge in [-0.1, -0.05) is 6.07 Å². The average molecular weight is 276 g/mol. The van der Waals surface area contributed by atoms with Crippen LogP contribution >= 0.6 is 0 Å². The van der Waals surface area contributed by atoms with Crippen LogP contribution in [0.4, 0.5) is 5.69 Å². The first-order valence-electron chi connectivity index (χ1n) is 5.90. The molecule has 0 atom stereocenters. The number of hydrogen-bond acceptors (Lipinski definition) is 5. The number of fused-ring (bicyclic) bond motifs is 1. The van der Waals surface area contributed by atoms with E-state index in [1.807, 2.05) is 0 Å². The topological polar surface area (TPSA) is 91.4 Å². The molecular formula is C13H12N2O5. The van der Waals surface area contributed by atoms with Crippen molar-refractivity contribution in [1.29, 1.82) is 0 Å². The van der Waals surface area contributed by atoms with Crippen molar-refractivity contribution < 1.29 is 14.5 Å². The second-order valence-electron chi connectivity index (χ2n) is 4.07. The SMILES string of the molecule is CCn1c(=O)c(C(=O)OC)cc2c([N+](=O)[O-])cccc21. The molecule has 0 saturated carbocycles. The lowest BCUT2D eigenvalue weighted by molar-refractivity contribution is -0.383. The van der Waals surface area contributed by atoms with E-state index in [1.54, 1.807) is 13.0 Å². The Morgan fingerprint density at radius 2 is 2.15 bits per heavy atom. The zero-order chi connectivity index (χ0) is 14.9. The number of carbonyl (C=O) groups excluding carboxylic acids is 1. The third-order valence-corrected chi connectivity index (χ3v) is 3.03. The zero-order valence-electron chi connectivity index (χ0n) is 11.0. The lowest BCUT2D eigenvalue weighted by Crippen LogP contribution is -2.26. The van der Waals surface area contributed by atoms with Crippen LogP contribution in [0.1, 0.15) is 17.3 Å². The Balaban J connectivity index is 2.96. The summed E-state index contributed by atoms with van der Waals surface area (Å²) in [5.74, 6) is -0.808. The van der Waals surface area contributed by atoms with Gasteiger partial charge in [0.1, 0.15) is 5.56 Å². The Bertz CT molecular complexity index is 763. The van der Waals surface area contributed by atoms with Crippen LogP contribution in [0.3, 0.4) is 0 Å². The van der Waals surface area contributed by atoms with Gasteiger partial charge in [-0.05, 0) is 19.1 Å². The number of nitro benzene ring substituents is 1. The molecule has 104 valence electrons. The van der Waals surface area contributed by atoms with E-state index < -0.39 is 16.5 Å². The molecule has 0 bridgehead atoms. The monoisotopic (exact) mass is 276 g/mol. The van der Waals surface area contributed by atoms with Gasteiger partial charge in [-0.3, -0.25) is 14.9 Å². The molecule has 7 nitrogen and oxygen atoms in total. The van der Waals surface area contributed by atoms with Gasteiger partial charge in [0, 0.05) is 12.6 Å². The van der Waals surface area contributed by atoms with Crippen molar-refractivity contribution in [2.75, 3.05) is 7.11 Å². The Kier molecular flexibility index (Phi) is 3.51. The zero-order valence-corrected chi connectivity index (χ0v) is 11.0. The fourth-order valence-corrected chi connectivity index (χ4v) is 2.11. The van der Waals surface area contributed by atoms with Crippen LogP contribution in [0, 0.1) is 10.1 Å². The van der Waals surface area contributed by atoms with Crippen LogP contribution in [0.2, 0.25) is 0 Å². The molecule has 2 aromatic rings. The molecule has 0 amide bonds. The minimum Gasteiger partial charge on any atom is -0.465 e. The number of hydrogen-bond donors (Lipinski definition) is 0. The molecule has 0 spiro atoms. The number of non-ortho nitro benzene ring substituents is 1. The quantitative estimate of drug-likeness (QED) is 0.483. The van der Waals surface area contributed by atoms with Crippen molar-refractivity contribution in [3.63, 3.8) is 0 Å². The summed E-state index contributed by atoms with van der Waals surface area (Å²) in [6.07, 6.45) is 0. The molecule has 0 aliphatic carbocycles. The second kappa shape index (κ2) is 5.12. The Labute approximate surface area is 113 Å². The summed E-state index contributed by atoms with van der Waals surface area (Å²) < 4.78 is 5.86. The normalized spacial score (nSPS) is 10.5. The number of carbonyl (C=O) groups is 1. The number of rotatable bonds is 3. The molecule has 1 aromatic heterocycles. The van der Waals surface area contributed by atoms with Crippen molar-refractivity contribution in [2.45, 2.75) is 13.5 Å². The minimum absolute atomic E-state index is 0.158. The van der Waals surface area contributed by atoms with Gasteiger partial charge in [0.15, 0.2) is 0 Å². The van der Waals surface area contributed by atoms with Crippen molar-refractivity contribution in [1.82, 2.24) is 4.57 Å². The first-order chi connectivity index (χ1) is 9.51. The third-order valence-electron chi connectivity index (χ3n) is 3.03. The van der Waals surface area contributed by atoms with Crippen molar-refractivity contribution in [3.05, 3.63) is 50.3 Å². The molecule has 7 heteroatoms. The number of nitro groups is 1. The van der Waals surface area contributed by atoms with Gasteiger partial charge in [-0.25, -0.2) is 4.79 Å². The van der Waals surface area contributed by atoms with Crippen LogP contribution in [0.15, 0.2) is 29.1 Å². The van der Waals surface area contributed by atoms with E-state index in [4.69, 9.17) is 0 Å². The molecule has 1 heterocycles. The summed E-state index contributed by atoms with van der Waals surface area (Å²) in [5, 5.41) is 11.3. The molecule has 0 radical (unpaired) electrons. The lowest BCUT2D eigenvalue weighted by atomic mass is 10.1. The van der Waals surface area contributed by atoms with Crippen LogP contribution in [0.25, 0.3) is 10.9 Å². The fourth-order valence-electron chi connectivity index (χ4n) is 2.11. The highest BCUT2D eigenvalue weighted by molar-refractivity contribution is 5.96. The molecule has 1 aromatic carbocycles. The van der Waals surface area contributed by atoms with E-state index in [1.165, 1.54) is 22.8 Å². The molecule has 0 N–H and O–H groups in total. The molecule has 0 unspecified atom stereocenters. The summed E-state index contributed by atoms with van der Waals surface area (Å²) in [5.41, 5.74) is -0.474. The fraction of sp³-hybridized carbons (Fsp3) is 0.231. The van der Waals surface area contributed by atoms with Gasteiger partial charge in [0.2, 0.25) is 0 Å². The number of aromatic nitrogens is 1. The first-order valence-corrected chi connectivity index (χ1v) is 5.90. The number of methoxy groups -OCH3 is 1. The maximum Gasteiger partial charge on any atom is 0.343 e. The predicted octanol–water partition coefficient (Wildman–Crippen LogP) is 1.72. The van der Waals surface area contributed by atoms with Crippen LogP contribution in [-0.2, 0) is 11.3 Å². The lowest BCUT2D eigenvalue weighted by Gasteiger charge is -2.10. The van der Waals surface area contributed by atoms with Crippen LogP contribution in [0.5, 0.6) is 0 Å². The summed E-state index contributed by atoms with van der Waals surface area (Å²) in [6, 6.07) is 5.65. The smallest absolute Gasteiger partial charge is 0.343 e. The van der Waals surface area contributed by atoms with E-state index in [9.17, 15) is 19.7 Å². The van der Waals surface area contributed by atoms with Gasteiger partial charge >= 0.3 is 5.97 Å². The molecule has 0 fully saturated rings. The summed E-state index contributed by atoms with van der Waals surface area (Å²) >= 11 is 0. The number of ether oxygens (including phenoxy) is 1. The average Bonchev–Trinajstić information content (AvgIpc) is 2.45. The number of aryl methyl sites for hydroxylation is 1. The van der Waals surface area contributed by atoms with Crippen molar-refractivity contribution in [2.24, 2.45) is 0 Å². The minimum atomic E-state index is -0.808. The van der Waals surface area contributed by atoms with E-state index in [2.05, 4.69) is 4.74 Å². The molecule has 0 aliphatic heterocycles. The standard InChI is InChI=1S/C13H12N2O5/c1-3-14-10-5-4-6-11(15(18)19)8(10)7-9(12(14)16)13(17)20-2/h4-7H,3H2,1-2H3. The highest BCUT2D eigenvalue weighted by Gasteiger charge is 2.20. The third kappa shape index (κ3) is 2.03. The van der Waals surface area contributed by atoms with Gasteiger partial charge in [-0.2, -0.15) is 0 Å². The first kappa shape index (κ1) is 13.7. The second-order valence-corrected chi connectivity index (χ2v) is 4.07. The van der Waals surface area contributed by atoms with E-state index in [0.29, 0.717) is 12.1 Å². The highest BCUT2D eigenvalue weighted by Crippen LogP contribution is 2.25. The summed E-state index contributed by atoms with van der Waals surface area (Å²) in [6.45, 7) is 2.02. The van der Waals surface area contributed by atoms with Gasteiger partial charge in [0.05, 0.1) is 22.9 Å². The maximum absolute atomic E-state index is 12.2. The van der Waals surface area contributed by atoms with Crippen LogP contribution in [-0.4, -0.2) is 22.6 Å². The molecule has 0 saturated heterocycles. The number of benzene rings is 1. The van der Waals surface area contributed by atoms with E-state index >= 15 is 0 Å². The van der Waals surface area contributed by atoms with E-state index in [0.717, 1.165) is 7.11 Å². The van der Waals surface area contributed by atoms with Crippen molar-refractivity contribution in [3.8, 4) is 0 Å². The van der Waals surface area contributed by atoms with Crippen LogP contribution < -0.4 is 5.56 Å². The summed E-state index contributed by atoms with van der Waals surface area (Å²) in [4.78, 5) is 34.3. The van der Waals surface area contributed by atoms with Gasteiger partial charge in [0.25, 0.3) is 11.2 Å².